The first kappa shape index (κ1) is 14.6. The first-order chi connectivity index (χ1) is 7.91. The summed E-state index contributed by atoms with van der Waals surface area (Å²) in [5, 5.41) is 14.4. The highest BCUT2D eigenvalue weighted by molar-refractivity contribution is 9.10. The van der Waals surface area contributed by atoms with Gasteiger partial charge in [-0.25, -0.2) is 0 Å². The van der Waals surface area contributed by atoms with Gasteiger partial charge in [-0.2, -0.15) is 5.10 Å². The standard InChI is InChI=1S/C11H21BrN4O/c1-14(2)5-6-16-11(9(12)7-13-16)10(17)8-15(3)4/h7,10,17H,5-6,8H2,1-4H3. The van der Waals surface area contributed by atoms with Crippen LogP contribution < -0.4 is 0 Å². The Hall–Kier alpha value is -0.430. The van der Waals surface area contributed by atoms with Crippen molar-refractivity contribution in [3.8, 4) is 0 Å². The Morgan fingerprint density at radius 3 is 2.53 bits per heavy atom. The molecule has 1 aromatic heterocycles. The predicted octanol–water partition coefficient (Wildman–Crippen LogP) is 0.802. The molecule has 1 N–H and O–H groups in total. The van der Waals surface area contributed by atoms with E-state index in [4.69, 9.17) is 0 Å². The van der Waals surface area contributed by atoms with E-state index in [9.17, 15) is 5.11 Å². The molecule has 0 aliphatic heterocycles. The van der Waals surface area contributed by atoms with Crippen LogP contribution in [0.5, 0.6) is 0 Å². The van der Waals surface area contributed by atoms with Gasteiger partial charge in [-0.1, -0.05) is 0 Å². The summed E-state index contributed by atoms with van der Waals surface area (Å²) in [6.45, 7) is 2.26. The average Bonchev–Trinajstić information content (AvgIpc) is 2.55. The van der Waals surface area contributed by atoms with E-state index < -0.39 is 6.10 Å². The molecule has 1 aromatic rings. The van der Waals surface area contributed by atoms with Crippen LogP contribution in [0.25, 0.3) is 0 Å². The van der Waals surface area contributed by atoms with Crippen LogP contribution in [0.2, 0.25) is 0 Å². The molecule has 17 heavy (non-hydrogen) atoms. The van der Waals surface area contributed by atoms with Crippen molar-refractivity contribution in [2.75, 3.05) is 41.3 Å². The highest BCUT2D eigenvalue weighted by Crippen LogP contribution is 2.23. The van der Waals surface area contributed by atoms with Crippen LogP contribution in [-0.4, -0.2) is 66.0 Å². The Labute approximate surface area is 111 Å². The van der Waals surface area contributed by atoms with Crippen molar-refractivity contribution >= 4 is 15.9 Å². The molecule has 1 rings (SSSR count). The van der Waals surface area contributed by atoms with Crippen LogP contribution in [0.15, 0.2) is 10.7 Å². The van der Waals surface area contributed by atoms with Crippen LogP contribution in [0.4, 0.5) is 0 Å². The van der Waals surface area contributed by atoms with Gasteiger partial charge >= 0.3 is 0 Å². The second kappa shape index (κ2) is 6.49. The molecule has 0 radical (unpaired) electrons. The van der Waals surface area contributed by atoms with Gasteiger partial charge in [0.15, 0.2) is 0 Å². The van der Waals surface area contributed by atoms with Gasteiger partial charge in [-0.15, -0.1) is 0 Å². The molecule has 98 valence electrons. The van der Waals surface area contributed by atoms with E-state index in [1.807, 2.05) is 37.8 Å². The zero-order valence-electron chi connectivity index (χ0n) is 10.9. The molecule has 0 fully saturated rings. The van der Waals surface area contributed by atoms with E-state index in [0.717, 1.165) is 23.3 Å². The van der Waals surface area contributed by atoms with Crippen LogP contribution in [0, 0.1) is 0 Å². The Morgan fingerprint density at radius 1 is 1.35 bits per heavy atom. The van der Waals surface area contributed by atoms with E-state index in [1.54, 1.807) is 6.20 Å². The minimum atomic E-state index is -0.524. The lowest BCUT2D eigenvalue weighted by Crippen LogP contribution is -2.25. The van der Waals surface area contributed by atoms with Crippen molar-refractivity contribution in [1.82, 2.24) is 19.6 Å². The van der Waals surface area contributed by atoms with Crippen LogP contribution in [0.3, 0.4) is 0 Å². The first-order valence-electron chi connectivity index (χ1n) is 5.60. The number of aliphatic hydroxyl groups excluding tert-OH is 1. The third-order valence-corrected chi connectivity index (χ3v) is 3.06. The number of halogens is 1. The smallest absolute Gasteiger partial charge is 0.109 e. The molecule has 0 spiro atoms. The summed E-state index contributed by atoms with van der Waals surface area (Å²) < 4.78 is 2.73. The highest BCUT2D eigenvalue weighted by atomic mass is 79.9. The summed E-state index contributed by atoms with van der Waals surface area (Å²) in [6, 6.07) is 0. The minimum absolute atomic E-state index is 0.524. The topological polar surface area (TPSA) is 44.5 Å². The molecule has 1 heterocycles. The lowest BCUT2D eigenvalue weighted by molar-refractivity contribution is 0.127. The first-order valence-corrected chi connectivity index (χ1v) is 6.40. The maximum Gasteiger partial charge on any atom is 0.109 e. The zero-order chi connectivity index (χ0) is 13.0. The lowest BCUT2D eigenvalue weighted by Gasteiger charge is -2.19. The molecule has 0 aliphatic rings. The number of likely N-dealkylation sites (N-methyl/N-ethyl adjacent to an activating group) is 2. The van der Waals surface area contributed by atoms with Crippen molar-refractivity contribution in [2.24, 2.45) is 0 Å². The van der Waals surface area contributed by atoms with E-state index in [0.29, 0.717) is 6.54 Å². The Bertz CT molecular complexity index is 351. The van der Waals surface area contributed by atoms with Crippen molar-refractivity contribution in [3.05, 3.63) is 16.4 Å². The summed E-state index contributed by atoms with van der Waals surface area (Å²) in [5.74, 6) is 0. The van der Waals surface area contributed by atoms with Gasteiger partial charge in [0.05, 0.1) is 22.9 Å². The predicted molar refractivity (Wildman–Crippen MR) is 72.0 cm³/mol. The number of hydrogen-bond acceptors (Lipinski definition) is 4. The summed E-state index contributed by atoms with van der Waals surface area (Å²) in [6.07, 6.45) is 1.22. The quantitative estimate of drug-likeness (QED) is 0.844. The van der Waals surface area contributed by atoms with E-state index >= 15 is 0 Å². The Balaban J connectivity index is 2.78. The fourth-order valence-electron chi connectivity index (χ4n) is 1.61. The molecule has 0 aliphatic carbocycles. The molecule has 0 amide bonds. The third kappa shape index (κ3) is 4.39. The molecule has 1 atom stereocenters. The van der Waals surface area contributed by atoms with Gasteiger partial charge in [0, 0.05) is 13.1 Å². The zero-order valence-corrected chi connectivity index (χ0v) is 12.5. The number of rotatable bonds is 6. The van der Waals surface area contributed by atoms with Gasteiger partial charge in [0.25, 0.3) is 0 Å². The maximum atomic E-state index is 10.2. The molecular weight excluding hydrogens is 284 g/mol. The highest BCUT2D eigenvalue weighted by Gasteiger charge is 2.18. The number of aromatic nitrogens is 2. The average molecular weight is 305 g/mol. The van der Waals surface area contributed by atoms with E-state index in [-0.39, 0.29) is 0 Å². The Morgan fingerprint density at radius 2 is 2.00 bits per heavy atom. The van der Waals surface area contributed by atoms with Gasteiger partial charge in [-0.05, 0) is 44.1 Å². The third-order valence-electron chi connectivity index (χ3n) is 2.45. The summed E-state index contributed by atoms with van der Waals surface area (Å²) in [7, 11) is 7.93. The SMILES string of the molecule is CN(C)CCn1ncc(Br)c1C(O)CN(C)C. The molecule has 5 nitrogen and oxygen atoms in total. The van der Waals surface area contributed by atoms with E-state index in [1.165, 1.54) is 0 Å². The molecule has 0 saturated carbocycles. The molecule has 6 heteroatoms. The number of aliphatic hydroxyl groups is 1. The fourth-order valence-corrected chi connectivity index (χ4v) is 2.17. The summed E-state index contributed by atoms with van der Waals surface area (Å²) >= 11 is 3.44. The van der Waals surface area contributed by atoms with Crippen LogP contribution >= 0.6 is 15.9 Å². The van der Waals surface area contributed by atoms with Gasteiger partial charge in [-0.3, -0.25) is 4.68 Å². The Kier molecular flexibility index (Phi) is 5.58. The second-order valence-corrected chi connectivity index (χ2v) is 5.54. The van der Waals surface area contributed by atoms with Gasteiger partial charge < -0.3 is 14.9 Å². The van der Waals surface area contributed by atoms with Crippen LogP contribution in [-0.2, 0) is 6.54 Å². The van der Waals surface area contributed by atoms with Gasteiger partial charge in [0.1, 0.15) is 6.10 Å². The maximum absolute atomic E-state index is 10.2. The number of nitrogens with zero attached hydrogens (tertiary/aromatic N) is 4. The van der Waals surface area contributed by atoms with Crippen molar-refractivity contribution in [2.45, 2.75) is 12.6 Å². The van der Waals surface area contributed by atoms with Crippen molar-refractivity contribution in [1.29, 1.82) is 0 Å². The second-order valence-electron chi connectivity index (χ2n) is 4.68. The molecule has 0 aromatic carbocycles. The molecule has 1 unspecified atom stereocenters. The largest absolute Gasteiger partial charge is 0.385 e. The minimum Gasteiger partial charge on any atom is -0.385 e. The van der Waals surface area contributed by atoms with E-state index in [2.05, 4.69) is 25.9 Å². The van der Waals surface area contributed by atoms with Crippen LogP contribution in [0.1, 0.15) is 11.8 Å². The summed E-state index contributed by atoms with van der Waals surface area (Å²) in [5.41, 5.74) is 0.848. The van der Waals surface area contributed by atoms with Crippen molar-refractivity contribution in [3.63, 3.8) is 0 Å². The van der Waals surface area contributed by atoms with Gasteiger partial charge in [0.2, 0.25) is 0 Å². The number of hydrogen-bond donors (Lipinski definition) is 1. The van der Waals surface area contributed by atoms with Crippen molar-refractivity contribution < 1.29 is 5.11 Å². The fraction of sp³-hybridized carbons (Fsp3) is 0.727. The normalized spacial score (nSPS) is 13.6. The molecular formula is C11H21BrN4O. The monoisotopic (exact) mass is 304 g/mol. The lowest BCUT2D eigenvalue weighted by atomic mass is 10.2. The molecule has 0 bridgehead atoms. The molecule has 0 saturated heterocycles. The summed E-state index contributed by atoms with van der Waals surface area (Å²) in [4.78, 5) is 4.05.